The third-order valence-electron chi connectivity index (χ3n) is 2.32. The molecule has 0 aromatic heterocycles. The second-order valence-corrected chi connectivity index (χ2v) is 4.43. The number of carbonyl (C=O) groups is 1. The SMILES string of the molecule is CNCCCC(=O)N(CCOC)CC(C)C.Cl. The number of nitrogens with one attached hydrogen (secondary N) is 1. The monoisotopic (exact) mass is 266 g/mol. The standard InChI is InChI=1S/C12H26N2O2.ClH/c1-11(2)10-14(8-9-16-4)12(15)6-5-7-13-3;/h11,13H,5-10H2,1-4H3;1H. The minimum atomic E-state index is 0. The first kappa shape index (κ1) is 19.0. The lowest BCUT2D eigenvalue weighted by atomic mass is 10.2. The van der Waals surface area contributed by atoms with Gasteiger partial charge < -0.3 is 15.0 Å². The molecule has 0 bridgehead atoms. The molecule has 0 aromatic carbocycles. The Bertz CT molecular complexity index is 189. The van der Waals surface area contributed by atoms with E-state index in [1.165, 1.54) is 0 Å². The van der Waals surface area contributed by atoms with Crippen LogP contribution in [0.2, 0.25) is 0 Å². The van der Waals surface area contributed by atoms with Crippen LogP contribution in [0.1, 0.15) is 26.7 Å². The summed E-state index contributed by atoms with van der Waals surface area (Å²) in [6.07, 6.45) is 1.52. The average molecular weight is 267 g/mol. The first-order valence-electron chi connectivity index (χ1n) is 6.03. The van der Waals surface area contributed by atoms with Crippen LogP contribution in [0.4, 0.5) is 0 Å². The van der Waals surface area contributed by atoms with E-state index in [4.69, 9.17) is 4.74 Å². The van der Waals surface area contributed by atoms with Gasteiger partial charge in [0, 0.05) is 26.6 Å². The summed E-state index contributed by atoms with van der Waals surface area (Å²) < 4.78 is 5.02. The molecule has 0 heterocycles. The van der Waals surface area contributed by atoms with Gasteiger partial charge >= 0.3 is 0 Å². The Balaban J connectivity index is 0. The summed E-state index contributed by atoms with van der Waals surface area (Å²) >= 11 is 0. The molecule has 1 N–H and O–H groups in total. The van der Waals surface area contributed by atoms with Crippen LogP contribution in [0, 0.1) is 5.92 Å². The first-order valence-corrected chi connectivity index (χ1v) is 6.03. The molecule has 0 rings (SSSR count). The van der Waals surface area contributed by atoms with E-state index in [9.17, 15) is 4.79 Å². The number of halogens is 1. The van der Waals surface area contributed by atoms with E-state index in [1.807, 2.05) is 11.9 Å². The molecule has 0 fully saturated rings. The van der Waals surface area contributed by atoms with E-state index in [0.717, 1.165) is 19.5 Å². The molecule has 0 saturated heterocycles. The molecular formula is C12H27ClN2O2. The maximum atomic E-state index is 11.9. The van der Waals surface area contributed by atoms with Crippen molar-refractivity contribution in [3.8, 4) is 0 Å². The fraction of sp³-hybridized carbons (Fsp3) is 0.917. The van der Waals surface area contributed by atoms with E-state index >= 15 is 0 Å². The van der Waals surface area contributed by atoms with Gasteiger partial charge in [0.15, 0.2) is 0 Å². The van der Waals surface area contributed by atoms with Crippen molar-refractivity contribution in [2.45, 2.75) is 26.7 Å². The van der Waals surface area contributed by atoms with Crippen molar-refractivity contribution in [1.29, 1.82) is 0 Å². The molecule has 0 aromatic rings. The predicted octanol–water partition coefficient (Wildman–Crippen LogP) is 1.54. The molecule has 5 heteroatoms. The fourth-order valence-corrected chi connectivity index (χ4v) is 1.53. The van der Waals surface area contributed by atoms with E-state index in [-0.39, 0.29) is 18.3 Å². The molecule has 0 saturated carbocycles. The molecule has 0 spiro atoms. The Hall–Kier alpha value is -0.320. The van der Waals surface area contributed by atoms with Gasteiger partial charge in [-0.15, -0.1) is 12.4 Å². The molecule has 0 aliphatic rings. The molecular weight excluding hydrogens is 240 g/mol. The topological polar surface area (TPSA) is 41.6 Å². The summed E-state index contributed by atoms with van der Waals surface area (Å²) in [5, 5.41) is 3.05. The Morgan fingerprint density at radius 2 is 2.06 bits per heavy atom. The molecule has 0 aliphatic heterocycles. The molecule has 1 amide bonds. The van der Waals surface area contributed by atoms with Crippen LogP contribution in [0.3, 0.4) is 0 Å². The van der Waals surface area contributed by atoms with Crippen molar-refractivity contribution in [3.05, 3.63) is 0 Å². The van der Waals surface area contributed by atoms with Crippen molar-refractivity contribution in [3.63, 3.8) is 0 Å². The summed E-state index contributed by atoms with van der Waals surface area (Å²) in [5.41, 5.74) is 0. The summed E-state index contributed by atoms with van der Waals surface area (Å²) in [6.45, 7) is 7.28. The van der Waals surface area contributed by atoms with Gasteiger partial charge in [-0.05, 0) is 25.9 Å². The zero-order valence-electron chi connectivity index (χ0n) is 11.5. The lowest BCUT2D eigenvalue weighted by molar-refractivity contribution is -0.132. The van der Waals surface area contributed by atoms with Crippen molar-refractivity contribution in [2.75, 3.05) is 40.4 Å². The van der Waals surface area contributed by atoms with Gasteiger partial charge in [-0.1, -0.05) is 13.8 Å². The normalized spacial score (nSPS) is 10.2. The third-order valence-corrected chi connectivity index (χ3v) is 2.32. The highest BCUT2D eigenvalue weighted by molar-refractivity contribution is 5.85. The molecule has 0 aliphatic carbocycles. The number of hydrogen-bond donors (Lipinski definition) is 1. The van der Waals surface area contributed by atoms with Crippen molar-refractivity contribution < 1.29 is 9.53 Å². The quantitative estimate of drug-likeness (QED) is 0.644. The van der Waals surface area contributed by atoms with Crippen LogP contribution in [0.25, 0.3) is 0 Å². The number of amides is 1. The molecule has 104 valence electrons. The number of carbonyl (C=O) groups excluding carboxylic acids is 1. The number of nitrogens with zero attached hydrogens (tertiary/aromatic N) is 1. The molecule has 0 atom stereocenters. The van der Waals surface area contributed by atoms with Gasteiger partial charge in [-0.2, -0.15) is 0 Å². The lowest BCUT2D eigenvalue weighted by Gasteiger charge is -2.24. The highest BCUT2D eigenvalue weighted by Gasteiger charge is 2.13. The maximum Gasteiger partial charge on any atom is 0.222 e. The smallest absolute Gasteiger partial charge is 0.222 e. The van der Waals surface area contributed by atoms with Gasteiger partial charge in [0.05, 0.1) is 6.61 Å². The van der Waals surface area contributed by atoms with Crippen LogP contribution in [0.5, 0.6) is 0 Å². The summed E-state index contributed by atoms with van der Waals surface area (Å²) in [4.78, 5) is 13.8. The third kappa shape index (κ3) is 10.5. The fourth-order valence-electron chi connectivity index (χ4n) is 1.53. The van der Waals surface area contributed by atoms with Gasteiger partial charge in [0.2, 0.25) is 5.91 Å². The van der Waals surface area contributed by atoms with Gasteiger partial charge in [0.25, 0.3) is 0 Å². The second kappa shape index (κ2) is 12.1. The Labute approximate surface area is 111 Å². The molecule has 0 unspecified atom stereocenters. The average Bonchev–Trinajstić information content (AvgIpc) is 2.23. The zero-order chi connectivity index (χ0) is 12.4. The van der Waals surface area contributed by atoms with Crippen molar-refractivity contribution >= 4 is 18.3 Å². The van der Waals surface area contributed by atoms with E-state index in [2.05, 4.69) is 19.2 Å². The largest absolute Gasteiger partial charge is 0.383 e. The van der Waals surface area contributed by atoms with Crippen LogP contribution >= 0.6 is 12.4 Å². The minimum absolute atomic E-state index is 0. The van der Waals surface area contributed by atoms with Crippen molar-refractivity contribution in [1.82, 2.24) is 10.2 Å². The van der Waals surface area contributed by atoms with Crippen LogP contribution < -0.4 is 5.32 Å². The Morgan fingerprint density at radius 1 is 1.41 bits per heavy atom. The van der Waals surface area contributed by atoms with E-state index in [0.29, 0.717) is 25.5 Å². The van der Waals surface area contributed by atoms with Crippen LogP contribution in [-0.4, -0.2) is 51.2 Å². The molecule has 17 heavy (non-hydrogen) atoms. The van der Waals surface area contributed by atoms with E-state index < -0.39 is 0 Å². The number of ether oxygens (including phenoxy) is 1. The predicted molar refractivity (Wildman–Crippen MR) is 73.7 cm³/mol. The van der Waals surface area contributed by atoms with Crippen LogP contribution in [-0.2, 0) is 9.53 Å². The molecule has 0 radical (unpaired) electrons. The lowest BCUT2D eigenvalue weighted by Crippen LogP contribution is -2.36. The highest BCUT2D eigenvalue weighted by Crippen LogP contribution is 2.03. The van der Waals surface area contributed by atoms with Gasteiger partial charge in [0.1, 0.15) is 0 Å². The van der Waals surface area contributed by atoms with E-state index in [1.54, 1.807) is 7.11 Å². The Kier molecular flexibility index (Phi) is 13.6. The Morgan fingerprint density at radius 3 is 2.53 bits per heavy atom. The highest BCUT2D eigenvalue weighted by atomic mass is 35.5. The maximum absolute atomic E-state index is 11.9. The molecule has 4 nitrogen and oxygen atoms in total. The van der Waals surface area contributed by atoms with Gasteiger partial charge in [-0.3, -0.25) is 4.79 Å². The van der Waals surface area contributed by atoms with Crippen molar-refractivity contribution in [2.24, 2.45) is 5.92 Å². The summed E-state index contributed by atoms with van der Waals surface area (Å²) in [7, 11) is 3.57. The van der Waals surface area contributed by atoms with Gasteiger partial charge in [-0.25, -0.2) is 0 Å². The van der Waals surface area contributed by atoms with Crippen LogP contribution in [0.15, 0.2) is 0 Å². The summed E-state index contributed by atoms with van der Waals surface area (Å²) in [6, 6.07) is 0. The number of hydrogen-bond acceptors (Lipinski definition) is 3. The first-order chi connectivity index (χ1) is 7.61. The number of methoxy groups -OCH3 is 1. The zero-order valence-corrected chi connectivity index (χ0v) is 12.3. The second-order valence-electron chi connectivity index (χ2n) is 4.43. The summed E-state index contributed by atoms with van der Waals surface area (Å²) in [5.74, 6) is 0.742. The minimum Gasteiger partial charge on any atom is -0.383 e. The number of rotatable bonds is 9.